The fourth-order valence-electron chi connectivity index (χ4n) is 3.28. The second-order valence-corrected chi connectivity index (χ2v) is 8.23. The molecule has 2 amide bonds. The summed E-state index contributed by atoms with van der Waals surface area (Å²) in [5.74, 6) is -3.10. The molecular weight excluding hydrogens is 490 g/mol. The number of phenolic OH excluding ortho intramolecular Hbond substituents is 2. The van der Waals surface area contributed by atoms with Crippen LogP contribution in [0.15, 0.2) is 66.7 Å². The van der Waals surface area contributed by atoms with Crippen molar-refractivity contribution in [2.45, 2.75) is 18.8 Å². The number of aromatic hydroxyl groups is 2. The predicted octanol–water partition coefficient (Wildman–Crippen LogP) is 2.14. The Morgan fingerprint density at radius 2 is 1.56 bits per heavy atom. The molecule has 3 aromatic rings. The number of hydrogen-bond donors (Lipinski definition) is 7. The quantitative estimate of drug-likeness (QED) is 0.202. The van der Waals surface area contributed by atoms with E-state index in [9.17, 15) is 34.8 Å². The molecule has 3 rings (SSSR count). The molecule has 0 bridgehead atoms. The van der Waals surface area contributed by atoms with Crippen LogP contribution in [0.1, 0.15) is 38.1 Å². The number of carbonyl (C=O) groups excluding carboxylic acids is 2. The number of aliphatic hydroxyl groups is 1. The number of benzene rings is 3. The molecule has 1 unspecified atom stereocenters. The highest BCUT2D eigenvalue weighted by molar-refractivity contribution is 6.34. The molecule has 0 saturated heterocycles. The maximum atomic E-state index is 12.7. The first-order chi connectivity index (χ1) is 17.1. The summed E-state index contributed by atoms with van der Waals surface area (Å²) >= 11 is 6.23. The molecule has 0 aliphatic heterocycles. The van der Waals surface area contributed by atoms with Crippen molar-refractivity contribution >= 4 is 29.4 Å². The van der Waals surface area contributed by atoms with E-state index in [2.05, 4.69) is 16.0 Å². The number of carboxylic acid groups (broad SMARTS) is 1. The minimum atomic E-state index is -1.34. The number of nitrogens with one attached hydrogen (secondary N) is 3. The first-order valence-electron chi connectivity index (χ1n) is 10.7. The molecular formula is C25H24ClN3O7. The maximum Gasteiger partial charge on any atom is 0.327 e. The molecule has 0 heterocycles. The fourth-order valence-corrected chi connectivity index (χ4v) is 3.57. The van der Waals surface area contributed by atoms with Gasteiger partial charge in [0, 0.05) is 24.7 Å². The van der Waals surface area contributed by atoms with E-state index in [1.54, 1.807) is 30.3 Å². The molecule has 0 spiro atoms. The summed E-state index contributed by atoms with van der Waals surface area (Å²) < 4.78 is 0. The summed E-state index contributed by atoms with van der Waals surface area (Å²) in [4.78, 5) is 36.5. The first kappa shape index (κ1) is 26.5. The molecule has 3 aromatic carbocycles. The summed E-state index contributed by atoms with van der Waals surface area (Å²) in [6.07, 6.45) is -1.12. The summed E-state index contributed by atoms with van der Waals surface area (Å²) in [5.41, 5.74) is 1.18. The van der Waals surface area contributed by atoms with Crippen LogP contribution in [0.4, 0.5) is 0 Å². The Balaban J connectivity index is 1.59. The maximum absolute atomic E-state index is 12.7. The third-order valence-electron chi connectivity index (χ3n) is 5.13. The van der Waals surface area contributed by atoms with Gasteiger partial charge in [0.1, 0.15) is 23.8 Å². The summed E-state index contributed by atoms with van der Waals surface area (Å²) in [5, 5.41) is 46.3. The summed E-state index contributed by atoms with van der Waals surface area (Å²) in [6.45, 7) is -0.209. The van der Waals surface area contributed by atoms with Gasteiger partial charge < -0.3 is 31.1 Å². The van der Waals surface area contributed by atoms with Gasteiger partial charge in [-0.15, -0.1) is 0 Å². The van der Waals surface area contributed by atoms with E-state index in [0.29, 0.717) is 11.1 Å². The molecule has 0 saturated carbocycles. The van der Waals surface area contributed by atoms with Crippen LogP contribution in [0.5, 0.6) is 11.5 Å². The standard InChI is InChI=1S/C25H24ClN3O7/c26-20-8-14(12-27-23(33)16-9-17(30)11-18(31)10-16)6-7-19(20)24(34)29-21(25(35)36)13-28-22(32)15-4-2-1-3-5-15/h1-11,21-22,28,30-32H,12-13H2,(H,27,33)(H,29,34)(H,35,36)/t21-,22?/m0/s1. The third kappa shape index (κ3) is 7.19. The van der Waals surface area contributed by atoms with Crippen LogP contribution in [0.2, 0.25) is 5.02 Å². The van der Waals surface area contributed by atoms with E-state index in [1.165, 1.54) is 30.3 Å². The minimum absolute atomic E-state index is 0.0273. The van der Waals surface area contributed by atoms with Crippen molar-refractivity contribution < 1.29 is 34.8 Å². The highest BCUT2D eigenvalue weighted by Crippen LogP contribution is 2.21. The first-order valence-corrected chi connectivity index (χ1v) is 11.1. The lowest BCUT2D eigenvalue weighted by Gasteiger charge is -2.19. The number of aliphatic hydroxyl groups excluding tert-OH is 1. The topological polar surface area (TPSA) is 168 Å². The smallest absolute Gasteiger partial charge is 0.327 e. The number of hydrogen-bond acceptors (Lipinski definition) is 7. The van der Waals surface area contributed by atoms with Crippen molar-refractivity contribution in [3.05, 3.63) is 94.0 Å². The Hall–Kier alpha value is -4.12. The van der Waals surface area contributed by atoms with Crippen LogP contribution < -0.4 is 16.0 Å². The molecule has 0 aromatic heterocycles. The predicted molar refractivity (Wildman–Crippen MR) is 131 cm³/mol. The van der Waals surface area contributed by atoms with Gasteiger partial charge in [-0.3, -0.25) is 14.9 Å². The van der Waals surface area contributed by atoms with E-state index in [1.807, 2.05) is 0 Å². The zero-order valence-electron chi connectivity index (χ0n) is 18.8. The molecule has 10 nitrogen and oxygen atoms in total. The molecule has 2 atom stereocenters. The van der Waals surface area contributed by atoms with Gasteiger partial charge in [-0.1, -0.05) is 48.0 Å². The minimum Gasteiger partial charge on any atom is -0.508 e. The molecule has 0 radical (unpaired) electrons. The average molecular weight is 514 g/mol. The van der Waals surface area contributed by atoms with E-state index >= 15 is 0 Å². The lowest BCUT2D eigenvalue weighted by molar-refractivity contribution is -0.139. The normalized spacial score (nSPS) is 12.4. The van der Waals surface area contributed by atoms with Crippen molar-refractivity contribution in [2.75, 3.05) is 6.54 Å². The van der Waals surface area contributed by atoms with Gasteiger partial charge in [-0.2, -0.15) is 0 Å². The number of amides is 2. The van der Waals surface area contributed by atoms with Crippen molar-refractivity contribution in [2.24, 2.45) is 0 Å². The van der Waals surface area contributed by atoms with Crippen molar-refractivity contribution in [1.82, 2.24) is 16.0 Å². The lowest BCUT2D eigenvalue weighted by Crippen LogP contribution is -2.48. The Kier molecular flexibility index (Phi) is 8.85. The van der Waals surface area contributed by atoms with Gasteiger partial charge in [0.15, 0.2) is 0 Å². The van der Waals surface area contributed by atoms with Crippen molar-refractivity contribution in [3.63, 3.8) is 0 Å². The molecule has 188 valence electrons. The second kappa shape index (κ2) is 12.0. The van der Waals surface area contributed by atoms with Crippen molar-refractivity contribution in [3.8, 4) is 11.5 Å². The molecule has 0 aliphatic rings. The van der Waals surface area contributed by atoms with Crippen LogP contribution in [-0.4, -0.2) is 50.8 Å². The highest BCUT2D eigenvalue weighted by atomic mass is 35.5. The van der Waals surface area contributed by atoms with E-state index in [0.717, 1.165) is 6.07 Å². The van der Waals surface area contributed by atoms with Crippen LogP contribution in [0.25, 0.3) is 0 Å². The molecule has 7 N–H and O–H groups in total. The van der Waals surface area contributed by atoms with Crippen LogP contribution in [0.3, 0.4) is 0 Å². The lowest BCUT2D eigenvalue weighted by atomic mass is 10.1. The number of rotatable bonds is 10. The van der Waals surface area contributed by atoms with Gasteiger partial charge in [0.25, 0.3) is 11.8 Å². The van der Waals surface area contributed by atoms with Crippen molar-refractivity contribution in [1.29, 1.82) is 0 Å². The molecule has 11 heteroatoms. The number of phenols is 2. The zero-order valence-corrected chi connectivity index (χ0v) is 19.6. The van der Waals surface area contributed by atoms with E-state index in [-0.39, 0.29) is 40.7 Å². The molecule has 36 heavy (non-hydrogen) atoms. The molecule has 0 aliphatic carbocycles. The molecule has 0 fully saturated rings. The number of carbonyl (C=O) groups is 3. The summed E-state index contributed by atoms with van der Waals surface area (Å²) in [7, 11) is 0. The fraction of sp³-hybridized carbons (Fsp3) is 0.160. The van der Waals surface area contributed by atoms with Crippen LogP contribution in [-0.2, 0) is 11.3 Å². The average Bonchev–Trinajstić information content (AvgIpc) is 2.84. The van der Waals surface area contributed by atoms with Gasteiger partial charge >= 0.3 is 5.97 Å². The van der Waals surface area contributed by atoms with Gasteiger partial charge in [0.05, 0.1) is 10.6 Å². The Morgan fingerprint density at radius 1 is 0.889 bits per heavy atom. The number of aliphatic carboxylic acids is 1. The van der Waals surface area contributed by atoms with E-state index < -0.39 is 30.1 Å². The van der Waals surface area contributed by atoms with Crippen LogP contribution in [0, 0.1) is 0 Å². The number of carboxylic acids is 1. The third-order valence-corrected chi connectivity index (χ3v) is 5.44. The monoisotopic (exact) mass is 513 g/mol. The Morgan fingerprint density at radius 3 is 2.17 bits per heavy atom. The van der Waals surface area contributed by atoms with Crippen LogP contribution >= 0.6 is 11.6 Å². The van der Waals surface area contributed by atoms with Gasteiger partial charge in [0.2, 0.25) is 0 Å². The summed E-state index contributed by atoms with van der Waals surface area (Å²) in [6, 6.07) is 15.1. The van der Waals surface area contributed by atoms with E-state index in [4.69, 9.17) is 11.6 Å². The zero-order chi connectivity index (χ0) is 26.2. The van der Waals surface area contributed by atoms with Gasteiger partial charge in [-0.05, 0) is 35.4 Å². The second-order valence-electron chi connectivity index (χ2n) is 7.82. The SMILES string of the molecule is O=C(NCc1ccc(C(=O)N[C@@H](CNC(O)c2ccccc2)C(=O)O)c(Cl)c1)c1cc(O)cc(O)c1. The number of halogens is 1. The Labute approximate surface area is 211 Å². The highest BCUT2D eigenvalue weighted by Gasteiger charge is 2.23. The van der Waals surface area contributed by atoms with Gasteiger partial charge in [-0.25, -0.2) is 4.79 Å². The Bertz CT molecular complexity index is 1230. The largest absolute Gasteiger partial charge is 0.508 e.